The predicted molar refractivity (Wildman–Crippen MR) is 85.5 cm³/mol. The standard InChI is InChI=1S/C16H12ClNO2S/c17-11-3-5-12(6-4-11)20-15-9-18-10-16-14(15)8-13(21-16)2-1-7-19/h3-10H,1-2H2. The molecule has 0 bridgehead atoms. The normalized spacial score (nSPS) is 10.7. The van der Waals surface area contributed by atoms with Gasteiger partial charge in [0.05, 0.1) is 10.9 Å². The van der Waals surface area contributed by atoms with Gasteiger partial charge in [0.15, 0.2) is 5.75 Å². The smallest absolute Gasteiger partial charge is 0.154 e. The minimum absolute atomic E-state index is 0.535. The Morgan fingerprint density at radius 3 is 2.81 bits per heavy atom. The lowest BCUT2D eigenvalue weighted by Crippen LogP contribution is -1.85. The number of benzene rings is 1. The molecule has 0 unspecified atom stereocenters. The topological polar surface area (TPSA) is 39.2 Å². The van der Waals surface area contributed by atoms with Crippen molar-refractivity contribution in [3.63, 3.8) is 0 Å². The Morgan fingerprint density at radius 2 is 2.05 bits per heavy atom. The second-order valence-corrected chi connectivity index (χ2v) is 6.13. The van der Waals surface area contributed by atoms with Crippen molar-refractivity contribution in [2.75, 3.05) is 0 Å². The number of rotatable bonds is 5. The Hall–Kier alpha value is -1.91. The van der Waals surface area contributed by atoms with E-state index in [0.717, 1.165) is 27.7 Å². The Labute approximate surface area is 131 Å². The highest BCUT2D eigenvalue weighted by atomic mass is 35.5. The lowest BCUT2D eigenvalue weighted by atomic mass is 10.2. The lowest BCUT2D eigenvalue weighted by molar-refractivity contribution is -0.107. The van der Waals surface area contributed by atoms with Crippen LogP contribution in [0.4, 0.5) is 0 Å². The van der Waals surface area contributed by atoms with Gasteiger partial charge in [-0.25, -0.2) is 0 Å². The zero-order valence-electron chi connectivity index (χ0n) is 11.1. The fourth-order valence-electron chi connectivity index (χ4n) is 2.02. The van der Waals surface area contributed by atoms with Crippen LogP contribution in [0.3, 0.4) is 0 Å². The minimum atomic E-state index is 0.535. The first-order chi connectivity index (χ1) is 10.3. The number of fused-ring (bicyclic) bond motifs is 1. The largest absolute Gasteiger partial charge is 0.455 e. The van der Waals surface area contributed by atoms with Gasteiger partial charge < -0.3 is 9.53 Å². The van der Waals surface area contributed by atoms with Gasteiger partial charge in [0, 0.05) is 27.9 Å². The van der Waals surface area contributed by atoms with E-state index in [0.29, 0.717) is 22.9 Å². The van der Waals surface area contributed by atoms with E-state index < -0.39 is 0 Å². The third-order valence-corrected chi connectivity index (χ3v) is 4.39. The molecule has 106 valence electrons. The van der Waals surface area contributed by atoms with Crippen LogP contribution in [0.15, 0.2) is 42.7 Å². The number of aromatic nitrogens is 1. The Balaban J connectivity index is 1.92. The molecule has 0 saturated carbocycles. The SMILES string of the molecule is O=CCCc1cc2c(Oc3ccc(Cl)cc3)cncc2s1. The van der Waals surface area contributed by atoms with Crippen LogP contribution in [0.5, 0.6) is 11.5 Å². The molecule has 2 aromatic heterocycles. The van der Waals surface area contributed by atoms with E-state index in [2.05, 4.69) is 11.1 Å². The van der Waals surface area contributed by atoms with Crippen LogP contribution < -0.4 is 4.74 Å². The van der Waals surface area contributed by atoms with Crippen molar-refractivity contribution >= 4 is 39.3 Å². The number of nitrogens with zero attached hydrogens (tertiary/aromatic N) is 1. The Kier molecular flexibility index (Phi) is 4.18. The fraction of sp³-hybridized carbons (Fsp3) is 0.125. The van der Waals surface area contributed by atoms with E-state index in [-0.39, 0.29) is 0 Å². The molecule has 1 aromatic carbocycles. The van der Waals surface area contributed by atoms with E-state index in [1.165, 1.54) is 0 Å². The quantitative estimate of drug-likeness (QED) is 0.630. The Morgan fingerprint density at radius 1 is 1.24 bits per heavy atom. The van der Waals surface area contributed by atoms with Gasteiger partial charge in [-0.15, -0.1) is 11.3 Å². The van der Waals surface area contributed by atoms with Crippen LogP contribution in [0.2, 0.25) is 5.02 Å². The molecular formula is C16H12ClNO2S. The van der Waals surface area contributed by atoms with E-state index in [4.69, 9.17) is 16.3 Å². The highest BCUT2D eigenvalue weighted by Gasteiger charge is 2.09. The number of pyridine rings is 1. The average molecular weight is 318 g/mol. The minimum Gasteiger partial charge on any atom is -0.455 e. The van der Waals surface area contributed by atoms with Gasteiger partial charge in [-0.3, -0.25) is 4.98 Å². The van der Waals surface area contributed by atoms with Crippen LogP contribution in [0.1, 0.15) is 11.3 Å². The number of carbonyl (C=O) groups is 1. The number of carbonyl (C=O) groups excluding carboxylic acids is 1. The highest BCUT2D eigenvalue weighted by Crippen LogP contribution is 2.34. The summed E-state index contributed by atoms with van der Waals surface area (Å²) >= 11 is 7.51. The summed E-state index contributed by atoms with van der Waals surface area (Å²) in [7, 11) is 0. The molecule has 21 heavy (non-hydrogen) atoms. The van der Waals surface area contributed by atoms with Gasteiger partial charge in [-0.1, -0.05) is 11.6 Å². The zero-order chi connectivity index (χ0) is 14.7. The molecule has 0 aliphatic carbocycles. The van der Waals surface area contributed by atoms with Gasteiger partial charge in [-0.05, 0) is 36.8 Å². The molecule has 0 N–H and O–H groups in total. The molecule has 5 heteroatoms. The third-order valence-electron chi connectivity index (χ3n) is 3.01. The van der Waals surface area contributed by atoms with E-state index in [1.807, 2.05) is 18.3 Å². The molecule has 0 saturated heterocycles. The second-order valence-electron chi connectivity index (χ2n) is 4.52. The van der Waals surface area contributed by atoms with Crippen molar-refractivity contribution in [1.29, 1.82) is 0 Å². The van der Waals surface area contributed by atoms with Gasteiger partial charge in [0.1, 0.15) is 12.0 Å². The van der Waals surface area contributed by atoms with E-state index >= 15 is 0 Å². The van der Waals surface area contributed by atoms with Crippen LogP contribution >= 0.6 is 22.9 Å². The van der Waals surface area contributed by atoms with Crippen molar-refractivity contribution in [2.45, 2.75) is 12.8 Å². The molecule has 0 aliphatic heterocycles. The third kappa shape index (κ3) is 3.23. The van der Waals surface area contributed by atoms with Crippen molar-refractivity contribution < 1.29 is 9.53 Å². The molecule has 0 fully saturated rings. The first-order valence-electron chi connectivity index (χ1n) is 6.50. The van der Waals surface area contributed by atoms with E-state index in [9.17, 15) is 4.79 Å². The molecule has 0 amide bonds. The van der Waals surface area contributed by atoms with Gasteiger partial charge in [-0.2, -0.15) is 0 Å². The van der Waals surface area contributed by atoms with Crippen LogP contribution in [0.25, 0.3) is 10.1 Å². The maximum absolute atomic E-state index is 10.5. The predicted octanol–water partition coefficient (Wildman–Crippen LogP) is 4.87. The number of ether oxygens (including phenoxy) is 1. The van der Waals surface area contributed by atoms with Crippen molar-refractivity contribution in [3.8, 4) is 11.5 Å². The summed E-state index contributed by atoms with van der Waals surface area (Å²) in [5, 5.41) is 1.69. The first-order valence-corrected chi connectivity index (χ1v) is 7.69. The van der Waals surface area contributed by atoms with Gasteiger partial charge in [0.25, 0.3) is 0 Å². The number of hydrogen-bond acceptors (Lipinski definition) is 4. The maximum Gasteiger partial charge on any atom is 0.154 e. The van der Waals surface area contributed by atoms with Crippen molar-refractivity contribution in [1.82, 2.24) is 4.98 Å². The summed E-state index contributed by atoms with van der Waals surface area (Å²) in [6.07, 6.45) is 5.75. The number of aldehydes is 1. The van der Waals surface area contributed by atoms with Crippen molar-refractivity contribution in [3.05, 3.63) is 52.6 Å². The Bertz CT molecular complexity index is 768. The molecule has 3 rings (SSSR count). The van der Waals surface area contributed by atoms with Gasteiger partial charge >= 0.3 is 0 Å². The first kappa shape index (κ1) is 14.0. The summed E-state index contributed by atoms with van der Waals surface area (Å²) in [6.45, 7) is 0. The molecule has 0 radical (unpaired) electrons. The monoisotopic (exact) mass is 317 g/mol. The zero-order valence-corrected chi connectivity index (χ0v) is 12.7. The summed E-state index contributed by atoms with van der Waals surface area (Å²) in [4.78, 5) is 15.9. The van der Waals surface area contributed by atoms with Crippen LogP contribution in [0, 0.1) is 0 Å². The summed E-state index contributed by atoms with van der Waals surface area (Å²) in [5.41, 5.74) is 0. The summed E-state index contributed by atoms with van der Waals surface area (Å²) < 4.78 is 6.94. The van der Waals surface area contributed by atoms with Crippen LogP contribution in [-0.2, 0) is 11.2 Å². The summed E-state index contributed by atoms with van der Waals surface area (Å²) in [5.74, 6) is 1.43. The highest BCUT2D eigenvalue weighted by molar-refractivity contribution is 7.19. The van der Waals surface area contributed by atoms with Crippen LogP contribution in [-0.4, -0.2) is 11.3 Å². The number of aryl methyl sites for hydroxylation is 1. The maximum atomic E-state index is 10.5. The van der Waals surface area contributed by atoms with E-state index in [1.54, 1.807) is 29.7 Å². The van der Waals surface area contributed by atoms with Gasteiger partial charge in [0.2, 0.25) is 0 Å². The van der Waals surface area contributed by atoms with Crippen molar-refractivity contribution in [2.24, 2.45) is 0 Å². The molecule has 2 heterocycles. The number of halogens is 1. The molecular weight excluding hydrogens is 306 g/mol. The average Bonchev–Trinajstić information content (AvgIpc) is 2.91. The molecule has 3 aromatic rings. The number of thiophene rings is 1. The number of hydrogen-bond donors (Lipinski definition) is 0. The molecule has 0 atom stereocenters. The molecule has 0 spiro atoms. The molecule has 0 aliphatic rings. The lowest BCUT2D eigenvalue weighted by Gasteiger charge is -2.06. The molecule has 3 nitrogen and oxygen atoms in total. The fourth-order valence-corrected chi connectivity index (χ4v) is 3.21. The summed E-state index contributed by atoms with van der Waals surface area (Å²) in [6, 6.07) is 9.28. The second kappa shape index (κ2) is 6.24.